The van der Waals surface area contributed by atoms with Crippen LogP contribution in [0.3, 0.4) is 0 Å². The van der Waals surface area contributed by atoms with Gasteiger partial charge in [-0.2, -0.15) is 0 Å². The molecular formula is C22H26N2O6. The summed E-state index contributed by atoms with van der Waals surface area (Å²) in [7, 11) is 4.64. The van der Waals surface area contributed by atoms with Gasteiger partial charge in [-0.1, -0.05) is 6.07 Å². The smallest absolute Gasteiger partial charge is 0.254 e. The first-order valence-electron chi connectivity index (χ1n) is 9.55. The lowest BCUT2D eigenvalue weighted by atomic mass is 10.1. The lowest BCUT2D eigenvalue weighted by molar-refractivity contribution is -0.131. The summed E-state index contributed by atoms with van der Waals surface area (Å²) in [6.45, 7) is 0.246. The van der Waals surface area contributed by atoms with Crippen molar-refractivity contribution in [3.63, 3.8) is 0 Å². The monoisotopic (exact) mass is 414 g/mol. The van der Waals surface area contributed by atoms with Crippen LogP contribution in [-0.4, -0.2) is 73.8 Å². The summed E-state index contributed by atoms with van der Waals surface area (Å²) in [5, 5.41) is 10.5. The average molecular weight is 414 g/mol. The van der Waals surface area contributed by atoms with Crippen molar-refractivity contribution in [1.29, 1.82) is 0 Å². The predicted molar refractivity (Wildman–Crippen MR) is 110 cm³/mol. The first kappa shape index (κ1) is 21.4. The second-order valence-corrected chi connectivity index (χ2v) is 6.98. The standard InChI is InChI=1S/C22H26N2O6/c1-28-17-9-7-15(8-10-17)22(27)24-12-16(25)11-23(21(26)14-24)13-18-19(29-2)5-4-6-20(18)30-3/h4-10,16,25H,11-14H2,1-3H3. The van der Waals surface area contributed by atoms with Gasteiger partial charge in [0.25, 0.3) is 5.91 Å². The van der Waals surface area contributed by atoms with Crippen molar-refractivity contribution < 1.29 is 28.9 Å². The molecule has 160 valence electrons. The molecule has 1 unspecified atom stereocenters. The SMILES string of the molecule is COc1ccc(C(=O)N2CC(=O)N(Cc3c(OC)cccc3OC)CC(O)C2)cc1. The van der Waals surface area contributed by atoms with E-state index < -0.39 is 6.10 Å². The molecule has 0 aromatic heterocycles. The van der Waals surface area contributed by atoms with Crippen molar-refractivity contribution in [2.24, 2.45) is 0 Å². The van der Waals surface area contributed by atoms with Gasteiger partial charge in [0.15, 0.2) is 0 Å². The van der Waals surface area contributed by atoms with E-state index in [1.165, 1.54) is 9.80 Å². The average Bonchev–Trinajstić information content (AvgIpc) is 2.91. The van der Waals surface area contributed by atoms with Gasteiger partial charge in [0.2, 0.25) is 5.91 Å². The Morgan fingerprint density at radius 1 is 1.00 bits per heavy atom. The molecule has 1 saturated heterocycles. The topological polar surface area (TPSA) is 88.5 Å². The molecule has 30 heavy (non-hydrogen) atoms. The quantitative estimate of drug-likeness (QED) is 0.772. The Kier molecular flexibility index (Phi) is 6.79. The summed E-state index contributed by atoms with van der Waals surface area (Å²) in [6.07, 6.45) is -0.876. The van der Waals surface area contributed by atoms with Gasteiger partial charge >= 0.3 is 0 Å². The van der Waals surface area contributed by atoms with Crippen LogP contribution < -0.4 is 14.2 Å². The molecule has 0 saturated carbocycles. The van der Waals surface area contributed by atoms with Crippen LogP contribution in [0.5, 0.6) is 17.2 Å². The molecule has 1 N–H and O–H groups in total. The van der Waals surface area contributed by atoms with Gasteiger partial charge in [0.1, 0.15) is 23.8 Å². The van der Waals surface area contributed by atoms with Crippen LogP contribution >= 0.6 is 0 Å². The predicted octanol–water partition coefficient (Wildman–Crippen LogP) is 1.56. The zero-order valence-corrected chi connectivity index (χ0v) is 17.3. The van der Waals surface area contributed by atoms with Gasteiger partial charge in [-0.05, 0) is 36.4 Å². The van der Waals surface area contributed by atoms with Crippen LogP contribution in [0.2, 0.25) is 0 Å². The van der Waals surface area contributed by atoms with E-state index in [0.29, 0.717) is 28.4 Å². The molecular weight excluding hydrogens is 388 g/mol. The third kappa shape index (κ3) is 4.65. The van der Waals surface area contributed by atoms with E-state index in [1.54, 1.807) is 63.8 Å². The fourth-order valence-corrected chi connectivity index (χ4v) is 3.49. The number of ether oxygens (including phenoxy) is 3. The summed E-state index contributed by atoms with van der Waals surface area (Å²) < 4.78 is 15.9. The Bertz CT molecular complexity index is 877. The summed E-state index contributed by atoms with van der Waals surface area (Å²) in [5.41, 5.74) is 1.13. The van der Waals surface area contributed by atoms with Crippen molar-refractivity contribution in [3.8, 4) is 17.2 Å². The van der Waals surface area contributed by atoms with Crippen molar-refractivity contribution in [1.82, 2.24) is 9.80 Å². The van der Waals surface area contributed by atoms with Crippen LogP contribution in [0.4, 0.5) is 0 Å². The minimum Gasteiger partial charge on any atom is -0.497 e. The maximum absolute atomic E-state index is 12.9. The Balaban J connectivity index is 1.79. The van der Waals surface area contributed by atoms with Crippen molar-refractivity contribution >= 4 is 11.8 Å². The number of carbonyl (C=O) groups excluding carboxylic acids is 2. The van der Waals surface area contributed by atoms with Crippen molar-refractivity contribution in [2.75, 3.05) is 41.0 Å². The molecule has 1 fully saturated rings. The van der Waals surface area contributed by atoms with Crippen molar-refractivity contribution in [3.05, 3.63) is 53.6 Å². The van der Waals surface area contributed by atoms with Crippen molar-refractivity contribution in [2.45, 2.75) is 12.6 Å². The summed E-state index contributed by atoms with van der Waals surface area (Å²) >= 11 is 0. The minimum atomic E-state index is -0.876. The summed E-state index contributed by atoms with van der Waals surface area (Å²) in [5.74, 6) is 1.23. The molecule has 2 aromatic carbocycles. The van der Waals surface area contributed by atoms with E-state index in [9.17, 15) is 14.7 Å². The zero-order valence-electron chi connectivity index (χ0n) is 17.3. The second kappa shape index (κ2) is 9.49. The molecule has 1 heterocycles. The highest BCUT2D eigenvalue weighted by atomic mass is 16.5. The molecule has 1 aliphatic rings. The number of rotatable bonds is 6. The normalized spacial score (nSPS) is 16.8. The molecule has 1 aliphatic heterocycles. The maximum atomic E-state index is 12.9. The first-order chi connectivity index (χ1) is 14.5. The molecule has 0 radical (unpaired) electrons. The number of amides is 2. The molecule has 0 bridgehead atoms. The van der Waals surface area contributed by atoms with Gasteiger partial charge in [0, 0.05) is 18.7 Å². The number of carbonyl (C=O) groups is 2. The van der Waals surface area contributed by atoms with Gasteiger partial charge in [-0.3, -0.25) is 9.59 Å². The third-order valence-corrected chi connectivity index (χ3v) is 5.04. The Morgan fingerprint density at radius 3 is 2.20 bits per heavy atom. The fourth-order valence-electron chi connectivity index (χ4n) is 3.49. The fraction of sp³-hybridized carbons (Fsp3) is 0.364. The van der Waals surface area contributed by atoms with Crippen LogP contribution in [-0.2, 0) is 11.3 Å². The molecule has 0 spiro atoms. The third-order valence-electron chi connectivity index (χ3n) is 5.04. The largest absolute Gasteiger partial charge is 0.497 e. The summed E-state index contributed by atoms with van der Waals surface area (Å²) in [4.78, 5) is 28.7. The van der Waals surface area contributed by atoms with E-state index in [4.69, 9.17) is 14.2 Å². The van der Waals surface area contributed by atoms with E-state index in [1.807, 2.05) is 0 Å². The molecule has 1 atom stereocenters. The van der Waals surface area contributed by atoms with Gasteiger partial charge < -0.3 is 29.1 Å². The highest BCUT2D eigenvalue weighted by Crippen LogP contribution is 2.30. The molecule has 3 rings (SSSR count). The van der Waals surface area contributed by atoms with Gasteiger partial charge in [-0.25, -0.2) is 0 Å². The molecule has 8 heteroatoms. The Hall–Kier alpha value is -3.26. The van der Waals surface area contributed by atoms with Gasteiger partial charge in [-0.15, -0.1) is 0 Å². The van der Waals surface area contributed by atoms with E-state index in [-0.39, 0.29) is 38.0 Å². The number of hydrogen-bond acceptors (Lipinski definition) is 6. The van der Waals surface area contributed by atoms with Gasteiger partial charge in [0.05, 0.1) is 39.5 Å². The number of nitrogens with zero attached hydrogens (tertiary/aromatic N) is 2. The Labute approximate surface area is 175 Å². The number of aliphatic hydroxyl groups excluding tert-OH is 1. The number of hydrogen-bond donors (Lipinski definition) is 1. The lowest BCUT2D eigenvalue weighted by Crippen LogP contribution is -2.39. The number of aliphatic hydroxyl groups is 1. The molecule has 2 amide bonds. The van der Waals surface area contributed by atoms with Crippen LogP contribution in [0, 0.1) is 0 Å². The molecule has 8 nitrogen and oxygen atoms in total. The minimum absolute atomic E-state index is 0.0656. The second-order valence-electron chi connectivity index (χ2n) is 6.98. The van der Waals surface area contributed by atoms with Crippen LogP contribution in [0.25, 0.3) is 0 Å². The van der Waals surface area contributed by atoms with E-state index in [0.717, 1.165) is 0 Å². The maximum Gasteiger partial charge on any atom is 0.254 e. The summed E-state index contributed by atoms with van der Waals surface area (Å²) in [6, 6.07) is 12.0. The highest BCUT2D eigenvalue weighted by Gasteiger charge is 2.31. The van der Waals surface area contributed by atoms with E-state index in [2.05, 4.69) is 0 Å². The Morgan fingerprint density at radius 2 is 1.63 bits per heavy atom. The lowest BCUT2D eigenvalue weighted by Gasteiger charge is -2.24. The highest BCUT2D eigenvalue weighted by molar-refractivity contribution is 5.96. The van der Waals surface area contributed by atoms with Crippen LogP contribution in [0.1, 0.15) is 15.9 Å². The molecule has 2 aromatic rings. The first-order valence-corrected chi connectivity index (χ1v) is 9.55. The van der Waals surface area contributed by atoms with E-state index >= 15 is 0 Å². The number of benzene rings is 2. The van der Waals surface area contributed by atoms with Crippen LogP contribution in [0.15, 0.2) is 42.5 Å². The molecule has 0 aliphatic carbocycles. The zero-order chi connectivity index (χ0) is 21.7. The number of methoxy groups -OCH3 is 3. The number of β-amino-alcohol motifs (C(OH)–C–C–N with tert-alkyl or cyclic N) is 1.